The number of nitrogens with one attached hydrogen (secondary N) is 1. The van der Waals surface area contributed by atoms with Crippen molar-refractivity contribution in [1.29, 1.82) is 0 Å². The lowest BCUT2D eigenvalue weighted by molar-refractivity contribution is 0.0901. The molecule has 0 fully saturated rings. The van der Waals surface area contributed by atoms with Crippen molar-refractivity contribution in [3.05, 3.63) is 35.4 Å². The zero-order chi connectivity index (χ0) is 14.2. The molecule has 1 aromatic rings. The molecular formula is C18H29NO. The molecule has 0 aromatic heterocycles. The third-order valence-electron chi connectivity index (χ3n) is 4.26. The van der Waals surface area contributed by atoms with Crippen molar-refractivity contribution < 1.29 is 4.74 Å². The first-order valence-corrected chi connectivity index (χ1v) is 8.23. The van der Waals surface area contributed by atoms with Crippen molar-refractivity contribution >= 4 is 0 Å². The fraction of sp³-hybridized carbons (Fsp3) is 0.667. The molecule has 0 saturated heterocycles. The molecule has 1 aromatic carbocycles. The molecule has 0 radical (unpaired) electrons. The number of aryl methyl sites for hydroxylation is 1. The second-order valence-electron chi connectivity index (χ2n) is 5.91. The largest absolute Gasteiger partial charge is 0.380 e. The minimum absolute atomic E-state index is 0.509. The van der Waals surface area contributed by atoms with Gasteiger partial charge in [0.15, 0.2) is 0 Å². The molecular weight excluding hydrogens is 246 g/mol. The summed E-state index contributed by atoms with van der Waals surface area (Å²) in [4.78, 5) is 0. The van der Waals surface area contributed by atoms with Crippen LogP contribution in [0.2, 0.25) is 0 Å². The van der Waals surface area contributed by atoms with Crippen LogP contribution in [-0.2, 0) is 17.6 Å². The van der Waals surface area contributed by atoms with Crippen LogP contribution in [0.4, 0.5) is 0 Å². The molecule has 2 unspecified atom stereocenters. The Hall–Kier alpha value is -0.860. The van der Waals surface area contributed by atoms with Crippen LogP contribution in [0.5, 0.6) is 0 Å². The molecule has 0 saturated carbocycles. The summed E-state index contributed by atoms with van der Waals surface area (Å²) in [6.45, 7) is 7.24. The average Bonchev–Trinajstić information content (AvgIpc) is 2.50. The second-order valence-corrected chi connectivity index (χ2v) is 5.91. The van der Waals surface area contributed by atoms with E-state index in [1.165, 1.54) is 25.7 Å². The number of rotatable bonds is 8. The summed E-state index contributed by atoms with van der Waals surface area (Å²) in [5, 5.41) is 3.70. The van der Waals surface area contributed by atoms with Gasteiger partial charge < -0.3 is 10.1 Å². The van der Waals surface area contributed by atoms with Crippen LogP contribution in [0.15, 0.2) is 24.3 Å². The van der Waals surface area contributed by atoms with E-state index >= 15 is 0 Å². The Kier molecular flexibility index (Phi) is 6.55. The van der Waals surface area contributed by atoms with E-state index in [-0.39, 0.29) is 0 Å². The molecule has 0 spiro atoms. The summed E-state index contributed by atoms with van der Waals surface area (Å²) in [6.07, 6.45) is 6.00. The summed E-state index contributed by atoms with van der Waals surface area (Å²) in [6, 6.07) is 9.42. The van der Waals surface area contributed by atoms with Crippen molar-refractivity contribution in [1.82, 2.24) is 5.32 Å². The molecule has 1 aliphatic rings. The van der Waals surface area contributed by atoms with Crippen LogP contribution in [0.25, 0.3) is 0 Å². The molecule has 2 heteroatoms. The van der Waals surface area contributed by atoms with Gasteiger partial charge in [-0.2, -0.15) is 0 Å². The van der Waals surface area contributed by atoms with Crippen LogP contribution >= 0.6 is 0 Å². The van der Waals surface area contributed by atoms with Crippen LogP contribution in [0.1, 0.15) is 44.2 Å². The molecule has 0 heterocycles. The summed E-state index contributed by atoms with van der Waals surface area (Å²) < 4.78 is 5.82. The highest BCUT2D eigenvalue weighted by Crippen LogP contribution is 2.27. The monoisotopic (exact) mass is 275 g/mol. The van der Waals surface area contributed by atoms with Gasteiger partial charge in [0.1, 0.15) is 0 Å². The van der Waals surface area contributed by atoms with Gasteiger partial charge in [-0.25, -0.2) is 0 Å². The van der Waals surface area contributed by atoms with Gasteiger partial charge >= 0.3 is 0 Å². The summed E-state index contributed by atoms with van der Waals surface area (Å²) >= 11 is 0. The Labute approximate surface area is 123 Å². The molecule has 1 N–H and O–H groups in total. The van der Waals surface area contributed by atoms with Gasteiger partial charge in [-0.3, -0.25) is 0 Å². The maximum Gasteiger partial charge on any atom is 0.0622 e. The lowest BCUT2D eigenvalue weighted by atomic mass is 9.80. The number of hydrogen-bond acceptors (Lipinski definition) is 2. The maximum absolute atomic E-state index is 5.82. The number of hydrogen-bond donors (Lipinski definition) is 1. The topological polar surface area (TPSA) is 21.3 Å². The predicted molar refractivity (Wildman–Crippen MR) is 85.1 cm³/mol. The normalized spacial score (nSPS) is 19.6. The smallest absolute Gasteiger partial charge is 0.0622 e. The van der Waals surface area contributed by atoms with E-state index in [1.54, 1.807) is 11.1 Å². The van der Waals surface area contributed by atoms with Crippen LogP contribution < -0.4 is 5.32 Å². The van der Waals surface area contributed by atoms with E-state index < -0.39 is 0 Å². The third-order valence-corrected chi connectivity index (χ3v) is 4.26. The zero-order valence-corrected chi connectivity index (χ0v) is 13.0. The van der Waals surface area contributed by atoms with E-state index in [0.717, 1.165) is 26.2 Å². The molecule has 2 nitrogen and oxygen atoms in total. The van der Waals surface area contributed by atoms with E-state index in [2.05, 4.69) is 43.4 Å². The van der Waals surface area contributed by atoms with Crippen molar-refractivity contribution in [3.63, 3.8) is 0 Å². The van der Waals surface area contributed by atoms with E-state index in [0.29, 0.717) is 12.0 Å². The molecule has 2 rings (SSSR count). The lowest BCUT2D eigenvalue weighted by Crippen LogP contribution is -2.42. The average molecular weight is 275 g/mol. The van der Waals surface area contributed by atoms with Crippen molar-refractivity contribution in [3.8, 4) is 0 Å². The Morgan fingerprint density at radius 2 is 2.00 bits per heavy atom. The van der Waals surface area contributed by atoms with Gasteiger partial charge in [-0.1, -0.05) is 38.1 Å². The number of fused-ring (bicyclic) bond motifs is 1. The molecule has 112 valence electrons. The van der Waals surface area contributed by atoms with Gasteiger partial charge in [0.2, 0.25) is 0 Å². The zero-order valence-electron chi connectivity index (χ0n) is 13.0. The quantitative estimate of drug-likeness (QED) is 0.732. The second kappa shape index (κ2) is 8.43. The Morgan fingerprint density at radius 3 is 2.75 bits per heavy atom. The fourth-order valence-corrected chi connectivity index (χ4v) is 3.12. The Bertz CT molecular complexity index is 391. The Morgan fingerprint density at radius 1 is 1.20 bits per heavy atom. The van der Waals surface area contributed by atoms with Crippen LogP contribution in [0.3, 0.4) is 0 Å². The van der Waals surface area contributed by atoms with E-state index in [1.807, 2.05) is 0 Å². The highest BCUT2D eigenvalue weighted by Gasteiger charge is 2.25. The van der Waals surface area contributed by atoms with Gasteiger partial charge in [-0.15, -0.1) is 0 Å². The molecule has 0 amide bonds. The fourth-order valence-electron chi connectivity index (χ4n) is 3.12. The first-order valence-electron chi connectivity index (χ1n) is 8.23. The van der Waals surface area contributed by atoms with Crippen LogP contribution in [0, 0.1) is 5.92 Å². The standard InChI is InChI=1S/C18H29NO/c1-3-11-19-18(14-20-12-4-2)17-10-9-15-7-5-6-8-16(15)13-17/h5-8,17-19H,3-4,9-14H2,1-2H3. The molecule has 1 aliphatic carbocycles. The summed E-state index contributed by atoms with van der Waals surface area (Å²) in [5.41, 5.74) is 3.09. The minimum Gasteiger partial charge on any atom is -0.380 e. The highest BCUT2D eigenvalue weighted by molar-refractivity contribution is 5.30. The SMILES string of the molecule is CCCNC(COCCC)C1CCc2ccccc2C1. The van der Waals surface area contributed by atoms with E-state index in [9.17, 15) is 0 Å². The van der Waals surface area contributed by atoms with Crippen molar-refractivity contribution in [2.24, 2.45) is 5.92 Å². The predicted octanol–water partition coefficient (Wildman–Crippen LogP) is 3.59. The lowest BCUT2D eigenvalue weighted by Gasteiger charge is -2.32. The molecule has 0 bridgehead atoms. The molecule has 2 atom stereocenters. The molecule has 0 aliphatic heterocycles. The van der Waals surface area contributed by atoms with Crippen molar-refractivity contribution in [2.75, 3.05) is 19.8 Å². The van der Waals surface area contributed by atoms with Gasteiger partial charge in [0.25, 0.3) is 0 Å². The first kappa shape index (κ1) is 15.5. The van der Waals surface area contributed by atoms with Gasteiger partial charge in [0.05, 0.1) is 6.61 Å². The highest BCUT2D eigenvalue weighted by atomic mass is 16.5. The Balaban J connectivity index is 1.95. The number of benzene rings is 1. The third kappa shape index (κ3) is 4.32. The number of ether oxygens (including phenoxy) is 1. The maximum atomic E-state index is 5.82. The molecule has 20 heavy (non-hydrogen) atoms. The van der Waals surface area contributed by atoms with Crippen molar-refractivity contribution in [2.45, 2.75) is 52.0 Å². The minimum atomic E-state index is 0.509. The van der Waals surface area contributed by atoms with Gasteiger partial charge in [0, 0.05) is 12.6 Å². The van der Waals surface area contributed by atoms with E-state index in [4.69, 9.17) is 4.74 Å². The summed E-state index contributed by atoms with van der Waals surface area (Å²) in [5.74, 6) is 0.716. The summed E-state index contributed by atoms with van der Waals surface area (Å²) in [7, 11) is 0. The van der Waals surface area contributed by atoms with Crippen LogP contribution in [-0.4, -0.2) is 25.8 Å². The van der Waals surface area contributed by atoms with Gasteiger partial charge in [-0.05, 0) is 55.7 Å². The first-order chi connectivity index (χ1) is 9.85.